The fraction of sp³-hybridized carbons (Fsp3) is 0.167. The first kappa shape index (κ1) is 23.9. The number of rotatable bonds is 6. The van der Waals surface area contributed by atoms with Gasteiger partial charge < -0.3 is 15.8 Å². The first-order chi connectivity index (χ1) is 14.8. The Labute approximate surface area is 186 Å². The van der Waals surface area contributed by atoms with Crippen LogP contribution in [-0.4, -0.2) is 11.9 Å². The summed E-state index contributed by atoms with van der Waals surface area (Å²) in [5, 5.41) is 3.19. The number of carbonyl (C=O) groups excluding carboxylic acids is 2. The van der Waals surface area contributed by atoms with E-state index in [4.69, 9.17) is 22.1 Å². The molecule has 31 heavy (non-hydrogen) atoms. The van der Waals surface area contributed by atoms with Crippen LogP contribution in [-0.2, 0) is 11.2 Å². The van der Waals surface area contributed by atoms with Crippen LogP contribution in [0.25, 0.3) is 0 Å². The predicted octanol–water partition coefficient (Wildman–Crippen LogP) is 5.80. The van der Waals surface area contributed by atoms with Crippen molar-refractivity contribution >= 4 is 34.9 Å². The molecule has 3 aromatic rings. The van der Waals surface area contributed by atoms with Crippen molar-refractivity contribution in [3.8, 4) is 5.75 Å². The van der Waals surface area contributed by atoms with Crippen molar-refractivity contribution in [1.29, 1.82) is 0 Å². The number of nitrogens with two attached hydrogens (primary N) is 1. The Morgan fingerprint density at radius 3 is 2.35 bits per heavy atom. The number of halogens is 2. The Morgan fingerprint density at radius 1 is 1.06 bits per heavy atom. The van der Waals surface area contributed by atoms with Gasteiger partial charge >= 0.3 is 5.97 Å². The number of carbonyl (C=O) groups is 2. The maximum absolute atomic E-state index is 14.1. The molecule has 5 nitrogen and oxygen atoms in total. The maximum atomic E-state index is 14.1. The molecule has 0 atom stereocenters. The monoisotopic (exact) mass is 442 g/mol. The Morgan fingerprint density at radius 2 is 1.74 bits per heavy atom. The molecule has 0 unspecified atom stereocenters. The van der Waals surface area contributed by atoms with Crippen molar-refractivity contribution < 1.29 is 18.7 Å². The topological polar surface area (TPSA) is 81.4 Å². The lowest BCUT2D eigenvalue weighted by Crippen LogP contribution is -2.13. The first-order valence-electron chi connectivity index (χ1n) is 9.74. The number of nitrogens with one attached hydrogen (secondary N) is 1. The zero-order chi connectivity index (χ0) is 23.0. The molecule has 0 aliphatic carbocycles. The van der Waals surface area contributed by atoms with E-state index in [-0.39, 0.29) is 17.1 Å². The molecule has 0 radical (unpaired) electrons. The molecule has 0 saturated carbocycles. The fourth-order valence-corrected chi connectivity index (χ4v) is 2.96. The molecule has 0 aliphatic rings. The van der Waals surface area contributed by atoms with Gasteiger partial charge in [0.05, 0.1) is 17.1 Å². The molecule has 0 heterocycles. The van der Waals surface area contributed by atoms with Crippen molar-refractivity contribution in [1.82, 2.24) is 0 Å². The van der Waals surface area contributed by atoms with Gasteiger partial charge in [-0.1, -0.05) is 49.2 Å². The van der Waals surface area contributed by atoms with Gasteiger partial charge in [0.1, 0.15) is 11.6 Å². The molecule has 7 heteroatoms. The largest absolute Gasteiger partial charge is 0.426 e. The number of anilines is 2. The summed E-state index contributed by atoms with van der Waals surface area (Å²) in [6, 6.07) is 15.7. The summed E-state index contributed by atoms with van der Waals surface area (Å²) in [5.41, 5.74) is 7.75. The van der Waals surface area contributed by atoms with E-state index in [1.807, 2.05) is 32.9 Å². The van der Waals surface area contributed by atoms with Gasteiger partial charge in [-0.3, -0.25) is 9.59 Å². The Kier molecular flexibility index (Phi) is 8.58. The van der Waals surface area contributed by atoms with Crippen molar-refractivity contribution in [3.63, 3.8) is 0 Å². The van der Waals surface area contributed by atoms with Gasteiger partial charge in [-0.15, -0.1) is 0 Å². The van der Waals surface area contributed by atoms with E-state index >= 15 is 0 Å². The number of hydrogen-bond donors (Lipinski definition) is 2. The second kappa shape index (κ2) is 11.1. The van der Waals surface area contributed by atoms with Crippen molar-refractivity contribution in [2.24, 2.45) is 5.73 Å². The summed E-state index contributed by atoms with van der Waals surface area (Å²) in [6.07, 6.45) is -0.0480. The summed E-state index contributed by atoms with van der Waals surface area (Å²) in [5.74, 6) is -1.28. The van der Waals surface area contributed by atoms with Crippen molar-refractivity contribution in [3.05, 3.63) is 88.2 Å². The van der Waals surface area contributed by atoms with Crippen LogP contribution >= 0.6 is 11.6 Å². The lowest BCUT2D eigenvalue weighted by molar-refractivity contribution is -0.133. The third-order valence-corrected chi connectivity index (χ3v) is 4.50. The smallest absolute Gasteiger partial charge is 0.315 e. The van der Waals surface area contributed by atoms with Crippen LogP contribution in [0.4, 0.5) is 15.8 Å². The quantitative estimate of drug-likeness (QED) is 0.373. The van der Waals surface area contributed by atoms with Crippen LogP contribution < -0.4 is 15.8 Å². The van der Waals surface area contributed by atoms with Gasteiger partial charge in [0.25, 0.3) is 0 Å². The lowest BCUT2D eigenvalue weighted by atomic mass is 10.1. The van der Waals surface area contributed by atoms with E-state index in [2.05, 4.69) is 5.32 Å². The average Bonchev–Trinajstić information content (AvgIpc) is 2.74. The summed E-state index contributed by atoms with van der Waals surface area (Å²) in [6.45, 7) is 5.89. The predicted molar refractivity (Wildman–Crippen MR) is 122 cm³/mol. The average molecular weight is 443 g/mol. The van der Waals surface area contributed by atoms with E-state index < -0.39 is 17.7 Å². The number of para-hydroxylation sites is 1. The molecular formula is C24H24ClFN2O3. The molecule has 1 amide bonds. The SMILES string of the molecule is CC.Cc1ccc(Nc2c(F)cccc2Cl)c(CC(=O)Oc2ccc(C(N)=O)cc2)c1. The van der Waals surface area contributed by atoms with Crippen LogP contribution in [0.5, 0.6) is 5.75 Å². The minimum Gasteiger partial charge on any atom is -0.426 e. The molecule has 0 saturated heterocycles. The maximum Gasteiger partial charge on any atom is 0.315 e. The van der Waals surface area contributed by atoms with Gasteiger partial charge in [-0.2, -0.15) is 0 Å². The molecule has 0 spiro atoms. The molecule has 3 N–H and O–H groups in total. The molecule has 162 valence electrons. The van der Waals surface area contributed by atoms with Gasteiger partial charge in [-0.25, -0.2) is 4.39 Å². The van der Waals surface area contributed by atoms with Crippen LogP contribution in [0.3, 0.4) is 0 Å². The molecular weight excluding hydrogens is 419 g/mol. The molecule has 0 aromatic heterocycles. The molecule has 0 fully saturated rings. The standard InChI is InChI=1S/C22H18ClFN2O3.C2H6/c1-13-5-10-19(26-21-17(23)3-2-4-18(21)24)15(11-13)12-20(27)29-16-8-6-14(7-9-16)22(25)28;1-2/h2-11,26H,12H2,1H3,(H2,25,28);1-2H3. The van der Waals surface area contributed by atoms with Crippen LogP contribution in [0.1, 0.15) is 35.3 Å². The summed E-state index contributed by atoms with van der Waals surface area (Å²) in [4.78, 5) is 23.5. The fourth-order valence-electron chi connectivity index (χ4n) is 2.75. The highest BCUT2D eigenvalue weighted by Crippen LogP contribution is 2.30. The Hall–Kier alpha value is -3.38. The number of benzene rings is 3. The van der Waals surface area contributed by atoms with Crippen LogP contribution in [0, 0.1) is 12.7 Å². The summed E-state index contributed by atoms with van der Waals surface area (Å²) >= 11 is 6.08. The van der Waals surface area contributed by atoms with E-state index in [0.29, 0.717) is 22.6 Å². The van der Waals surface area contributed by atoms with Gasteiger partial charge in [0, 0.05) is 11.3 Å². The Balaban J connectivity index is 0.00000166. The van der Waals surface area contributed by atoms with Crippen LogP contribution in [0.2, 0.25) is 5.02 Å². The molecule has 0 bridgehead atoms. The molecule has 0 aliphatic heterocycles. The number of hydrogen-bond acceptors (Lipinski definition) is 4. The second-order valence-electron chi connectivity index (χ2n) is 6.42. The van der Waals surface area contributed by atoms with E-state index in [1.165, 1.54) is 36.4 Å². The second-order valence-corrected chi connectivity index (χ2v) is 6.83. The van der Waals surface area contributed by atoms with Crippen LogP contribution in [0.15, 0.2) is 60.7 Å². The number of ether oxygens (including phenoxy) is 1. The minimum atomic E-state index is -0.565. The van der Waals surface area contributed by atoms with Gasteiger partial charge in [0.15, 0.2) is 0 Å². The van der Waals surface area contributed by atoms with Crippen molar-refractivity contribution in [2.75, 3.05) is 5.32 Å². The number of esters is 1. The van der Waals surface area contributed by atoms with Gasteiger partial charge in [0.2, 0.25) is 5.91 Å². The van der Waals surface area contributed by atoms with Crippen molar-refractivity contribution in [2.45, 2.75) is 27.2 Å². The lowest BCUT2D eigenvalue weighted by Gasteiger charge is -2.14. The van der Waals surface area contributed by atoms with Gasteiger partial charge in [-0.05, 0) is 55.0 Å². The zero-order valence-corrected chi connectivity index (χ0v) is 18.3. The number of amides is 1. The highest BCUT2D eigenvalue weighted by molar-refractivity contribution is 6.33. The Bertz CT molecular complexity index is 1050. The molecule has 3 rings (SSSR count). The third-order valence-electron chi connectivity index (χ3n) is 4.19. The highest BCUT2D eigenvalue weighted by Gasteiger charge is 2.14. The van der Waals surface area contributed by atoms with E-state index in [9.17, 15) is 14.0 Å². The summed E-state index contributed by atoms with van der Waals surface area (Å²) < 4.78 is 19.4. The third kappa shape index (κ3) is 6.55. The first-order valence-corrected chi connectivity index (χ1v) is 10.1. The zero-order valence-electron chi connectivity index (χ0n) is 17.5. The number of primary amides is 1. The van der Waals surface area contributed by atoms with E-state index in [0.717, 1.165) is 5.56 Å². The summed E-state index contributed by atoms with van der Waals surface area (Å²) in [7, 11) is 0. The van der Waals surface area contributed by atoms with E-state index in [1.54, 1.807) is 12.1 Å². The minimum absolute atomic E-state index is 0.0480. The highest BCUT2D eigenvalue weighted by atomic mass is 35.5. The molecule has 3 aromatic carbocycles. The normalized spacial score (nSPS) is 9.97. The number of aryl methyl sites for hydroxylation is 1.